The summed E-state index contributed by atoms with van der Waals surface area (Å²) in [4.78, 5) is 1.67. The van der Waals surface area contributed by atoms with Gasteiger partial charge in [-0.3, -0.25) is 0 Å². The molecular formula is C15H16BrNO2S2. The Morgan fingerprint density at radius 2 is 2.10 bits per heavy atom. The van der Waals surface area contributed by atoms with Crippen molar-refractivity contribution in [2.45, 2.75) is 30.7 Å². The van der Waals surface area contributed by atoms with Gasteiger partial charge in [-0.15, -0.1) is 11.3 Å². The maximum atomic E-state index is 13.0. The van der Waals surface area contributed by atoms with Crippen molar-refractivity contribution in [1.29, 1.82) is 0 Å². The highest BCUT2D eigenvalue weighted by Gasteiger charge is 2.36. The summed E-state index contributed by atoms with van der Waals surface area (Å²) in [5.41, 5.74) is 1.17. The second-order valence-corrected chi connectivity index (χ2v) is 8.73. The predicted octanol–water partition coefficient (Wildman–Crippen LogP) is 4.21. The summed E-state index contributed by atoms with van der Waals surface area (Å²) in [6, 6.07) is 9.03. The Morgan fingerprint density at radius 1 is 1.33 bits per heavy atom. The molecule has 1 aliphatic heterocycles. The lowest BCUT2D eigenvalue weighted by atomic mass is 10.0. The van der Waals surface area contributed by atoms with Crippen LogP contribution in [0, 0.1) is 0 Å². The van der Waals surface area contributed by atoms with Crippen molar-refractivity contribution < 1.29 is 8.42 Å². The molecule has 0 amide bonds. The Hall–Kier alpha value is -0.690. The molecule has 1 atom stereocenters. The van der Waals surface area contributed by atoms with E-state index in [1.54, 1.807) is 33.8 Å². The van der Waals surface area contributed by atoms with E-state index in [4.69, 9.17) is 0 Å². The standard InChI is InChI=1S/C15H16BrNO2S2/c1-2-13-11-8-10-20-14(11)7-9-17(13)21(18,19)15-6-4-3-5-12(15)16/h3-6,8,10,13H,2,7,9H2,1H3/t13-/m0/s1. The second kappa shape index (κ2) is 5.83. The number of rotatable bonds is 3. The summed E-state index contributed by atoms with van der Waals surface area (Å²) in [7, 11) is -3.48. The zero-order valence-electron chi connectivity index (χ0n) is 11.6. The number of benzene rings is 1. The van der Waals surface area contributed by atoms with Crippen LogP contribution < -0.4 is 0 Å². The van der Waals surface area contributed by atoms with E-state index in [0.717, 1.165) is 12.8 Å². The molecule has 0 spiro atoms. The van der Waals surface area contributed by atoms with Gasteiger partial charge in [-0.2, -0.15) is 4.31 Å². The number of fused-ring (bicyclic) bond motifs is 1. The summed E-state index contributed by atoms with van der Waals surface area (Å²) in [6.45, 7) is 2.59. The predicted molar refractivity (Wildman–Crippen MR) is 89.1 cm³/mol. The Bertz CT molecular complexity index is 755. The van der Waals surface area contributed by atoms with Gasteiger partial charge >= 0.3 is 0 Å². The van der Waals surface area contributed by atoms with Crippen molar-refractivity contribution in [1.82, 2.24) is 4.31 Å². The third-order valence-corrected chi connectivity index (χ3v) is 7.77. The molecule has 0 saturated carbocycles. The van der Waals surface area contributed by atoms with Crippen LogP contribution in [0.1, 0.15) is 29.8 Å². The molecule has 1 aromatic carbocycles. The van der Waals surface area contributed by atoms with Crippen LogP contribution in [0.2, 0.25) is 0 Å². The average molecular weight is 386 g/mol. The summed E-state index contributed by atoms with van der Waals surface area (Å²) in [6.07, 6.45) is 1.58. The normalized spacial score (nSPS) is 19.4. The third-order valence-electron chi connectivity index (χ3n) is 3.86. The largest absolute Gasteiger partial charge is 0.244 e. The number of halogens is 1. The fraction of sp³-hybridized carbons (Fsp3) is 0.333. The van der Waals surface area contributed by atoms with Crippen molar-refractivity contribution in [3.05, 3.63) is 50.6 Å². The molecule has 0 aliphatic carbocycles. The number of nitrogens with zero attached hydrogens (tertiary/aromatic N) is 1. The molecule has 6 heteroatoms. The van der Waals surface area contributed by atoms with E-state index in [1.807, 2.05) is 13.0 Å². The van der Waals surface area contributed by atoms with Gasteiger partial charge in [0.2, 0.25) is 10.0 Å². The van der Waals surface area contributed by atoms with Gasteiger partial charge in [0.1, 0.15) is 0 Å². The van der Waals surface area contributed by atoms with Gasteiger partial charge in [0.25, 0.3) is 0 Å². The third kappa shape index (κ3) is 2.59. The zero-order chi connectivity index (χ0) is 15.0. The van der Waals surface area contributed by atoms with E-state index >= 15 is 0 Å². The minimum absolute atomic E-state index is 0.0582. The lowest BCUT2D eigenvalue weighted by Gasteiger charge is -2.34. The van der Waals surface area contributed by atoms with Crippen LogP contribution in [0.5, 0.6) is 0 Å². The molecule has 0 radical (unpaired) electrons. The first-order chi connectivity index (χ1) is 10.1. The molecule has 0 N–H and O–H groups in total. The highest BCUT2D eigenvalue weighted by Crippen LogP contribution is 2.39. The number of hydrogen-bond donors (Lipinski definition) is 0. The van der Waals surface area contributed by atoms with Crippen LogP contribution in [-0.2, 0) is 16.4 Å². The average Bonchev–Trinajstić information content (AvgIpc) is 2.94. The van der Waals surface area contributed by atoms with E-state index in [0.29, 0.717) is 15.9 Å². The highest BCUT2D eigenvalue weighted by atomic mass is 79.9. The first-order valence-electron chi connectivity index (χ1n) is 6.88. The minimum atomic E-state index is -3.48. The lowest BCUT2D eigenvalue weighted by molar-refractivity contribution is 0.303. The van der Waals surface area contributed by atoms with Crippen molar-refractivity contribution in [3.63, 3.8) is 0 Å². The van der Waals surface area contributed by atoms with Crippen molar-refractivity contribution in [2.24, 2.45) is 0 Å². The van der Waals surface area contributed by atoms with E-state index in [1.165, 1.54) is 10.4 Å². The van der Waals surface area contributed by atoms with Gasteiger partial charge in [0, 0.05) is 15.9 Å². The number of thiophene rings is 1. The molecule has 2 heterocycles. The fourth-order valence-electron chi connectivity index (χ4n) is 2.86. The van der Waals surface area contributed by atoms with Gasteiger partial charge in [0.05, 0.1) is 10.9 Å². The maximum absolute atomic E-state index is 13.0. The summed E-state index contributed by atoms with van der Waals surface area (Å²) >= 11 is 5.09. The van der Waals surface area contributed by atoms with Crippen LogP contribution in [0.3, 0.4) is 0 Å². The van der Waals surface area contributed by atoms with E-state index < -0.39 is 10.0 Å². The fourth-order valence-corrected chi connectivity index (χ4v) is 6.44. The molecule has 0 saturated heterocycles. The second-order valence-electron chi connectivity index (χ2n) is 5.02. The monoisotopic (exact) mass is 385 g/mol. The number of hydrogen-bond acceptors (Lipinski definition) is 3. The quantitative estimate of drug-likeness (QED) is 0.793. The van der Waals surface area contributed by atoms with E-state index in [9.17, 15) is 8.42 Å². The molecule has 0 unspecified atom stereocenters. The molecule has 0 fully saturated rings. The van der Waals surface area contributed by atoms with Crippen molar-refractivity contribution in [3.8, 4) is 0 Å². The zero-order valence-corrected chi connectivity index (χ0v) is 14.8. The first-order valence-corrected chi connectivity index (χ1v) is 9.99. The SMILES string of the molecule is CC[C@H]1c2ccsc2CCN1S(=O)(=O)c1ccccc1Br. The molecular weight excluding hydrogens is 370 g/mol. The van der Waals surface area contributed by atoms with Gasteiger partial charge in [0.15, 0.2) is 0 Å². The lowest BCUT2D eigenvalue weighted by Crippen LogP contribution is -2.39. The Kier molecular flexibility index (Phi) is 4.23. The summed E-state index contributed by atoms with van der Waals surface area (Å²) in [5, 5.41) is 2.06. The Labute approximate surface area is 137 Å². The Morgan fingerprint density at radius 3 is 2.81 bits per heavy atom. The van der Waals surface area contributed by atoms with E-state index in [2.05, 4.69) is 27.4 Å². The van der Waals surface area contributed by atoms with Crippen LogP contribution in [0.15, 0.2) is 45.1 Å². The highest BCUT2D eigenvalue weighted by molar-refractivity contribution is 9.10. The topological polar surface area (TPSA) is 37.4 Å². The molecule has 1 aliphatic rings. The molecule has 2 aromatic rings. The van der Waals surface area contributed by atoms with Crippen molar-refractivity contribution in [2.75, 3.05) is 6.54 Å². The molecule has 3 rings (SSSR count). The Balaban J connectivity index is 2.06. The van der Waals surface area contributed by atoms with Crippen LogP contribution in [-0.4, -0.2) is 19.3 Å². The van der Waals surface area contributed by atoms with Crippen molar-refractivity contribution >= 4 is 37.3 Å². The van der Waals surface area contributed by atoms with Gasteiger partial charge in [-0.25, -0.2) is 8.42 Å². The van der Waals surface area contributed by atoms with Crippen LogP contribution in [0.4, 0.5) is 0 Å². The minimum Gasteiger partial charge on any atom is -0.207 e. The molecule has 21 heavy (non-hydrogen) atoms. The molecule has 3 nitrogen and oxygen atoms in total. The van der Waals surface area contributed by atoms with Crippen LogP contribution in [0.25, 0.3) is 0 Å². The maximum Gasteiger partial charge on any atom is 0.244 e. The van der Waals surface area contributed by atoms with Gasteiger partial charge in [-0.05, 0) is 57.9 Å². The molecule has 0 bridgehead atoms. The number of sulfonamides is 1. The summed E-state index contributed by atoms with van der Waals surface area (Å²) in [5.74, 6) is 0. The summed E-state index contributed by atoms with van der Waals surface area (Å²) < 4.78 is 28.3. The molecule has 1 aromatic heterocycles. The smallest absolute Gasteiger partial charge is 0.207 e. The first kappa shape index (κ1) is 15.2. The van der Waals surface area contributed by atoms with Crippen LogP contribution >= 0.6 is 27.3 Å². The van der Waals surface area contributed by atoms with Gasteiger partial charge in [-0.1, -0.05) is 19.1 Å². The van der Waals surface area contributed by atoms with E-state index in [-0.39, 0.29) is 6.04 Å². The van der Waals surface area contributed by atoms with Gasteiger partial charge < -0.3 is 0 Å². The molecule has 112 valence electrons.